The second-order valence-corrected chi connectivity index (χ2v) is 4.67. The van der Waals surface area contributed by atoms with Crippen LogP contribution < -0.4 is 0 Å². The van der Waals surface area contributed by atoms with Crippen molar-refractivity contribution in [1.29, 1.82) is 0 Å². The van der Waals surface area contributed by atoms with E-state index in [0.717, 1.165) is 6.04 Å². The highest BCUT2D eigenvalue weighted by atomic mass is 28.1. The fraction of sp³-hybridized carbons (Fsp3) is 1.00. The van der Waals surface area contributed by atoms with E-state index in [1.165, 1.54) is 48.6 Å². The molecule has 0 bridgehead atoms. The van der Waals surface area contributed by atoms with Crippen LogP contribution in [0.2, 0.25) is 6.04 Å². The Morgan fingerprint density at radius 1 is 1.17 bits per heavy atom. The standard InChI is InChI=1S/C10H25NSi/c1-4-7-11(8-5-2)10(3)6-9-12/h10H,4-9H2,1-3,12H3. The Morgan fingerprint density at radius 2 is 1.67 bits per heavy atom. The van der Waals surface area contributed by atoms with Crippen molar-refractivity contribution in [3.05, 3.63) is 0 Å². The maximum atomic E-state index is 2.64. The molecule has 0 aromatic carbocycles. The van der Waals surface area contributed by atoms with E-state index in [-0.39, 0.29) is 0 Å². The summed E-state index contributed by atoms with van der Waals surface area (Å²) in [5.41, 5.74) is 0. The SMILES string of the molecule is CCCN(CCC)C(C)CC[SiH3]. The normalized spacial score (nSPS) is 14.0. The zero-order chi connectivity index (χ0) is 9.40. The number of hydrogen-bond donors (Lipinski definition) is 0. The Bertz CT molecular complexity index is 89.8. The van der Waals surface area contributed by atoms with Crippen molar-refractivity contribution in [1.82, 2.24) is 4.90 Å². The highest BCUT2D eigenvalue weighted by molar-refractivity contribution is 6.08. The largest absolute Gasteiger partial charge is 0.301 e. The molecule has 0 fully saturated rings. The molecule has 0 saturated carbocycles. The van der Waals surface area contributed by atoms with E-state index >= 15 is 0 Å². The summed E-state index contributed by atoms with van der Waals surface area (Å²) in [5.74, 6) is 0. The predicted molar refractivity (Wildman–Crippen MR) is 61.0 cm³/mol. The topological polar surface area (TPSA) is 3.24 Å². The van der Waals surface area contributed by atoms with E-state index in [4.69, 9.17) is 0 Å². The lowest BCUT2D eigenvalue weighted by Gasteiger charge is -2.28. The maximum Gasteiger partial charge on any atom is 0.00639 e. The first-order valence-electron chi connectivity index (χ1n) is 5.50. The molecule has 2 heteroatoms. The zero-order valence-electron chi connectivity index (χ0n) is 9.27. The van der Waals surface area contributed by atoms with Gasteiger partial charge in [0, 0.05) is 16.3 Å². The van der Waals surface area contributed by atoms with Gasteiger partial charge in [-0.2, -0.15) is 0 Å². The van der Waals surface area contributed by atoms with E-state index in [9.17, 15) is 0 Å². The fourth-order valence-electron chi connectivity index (χ4n) is 1.73. The minimum atomic E-state index is 0.822. The summed E-state index contributed by atoms with van der Waals surface area (Å²) in [6.45, 7) is 9.50. The molecule has 1 nitrogen and oxygen atoms in total. The van der Waals surface area contributed by atoms with Crippen molar-refractivity contribution in [2.45, 2.75) is 52.1 Å². The first kappa shape index (κ1) is 12.2. The summed E-state index contributed by atoms with van der Waals surface area (Å²) in [5, 5.41) is 0. The van der Waals surface area contributed by atoms with Gasteiger partial charge in [0.1, 0.15) is 0 Å². The summed E-state index contributed by atoms with van der Waals surface area (Å²) < 4.78 is 0. The summed E-state index contributed by atoms with van der Waals surface area (Å²) >= 11 is 0. The zero-order valence-corrected chi connectivity index (χ0v) is 11.3. The van der Waals surface area contributed by atoms with Gasteiger partial charge in [0.25, 0.3) is 0 Å². The molecule has 1 unspecified atom stereocenters. The summed E-state index contributed by atoms with van der Waals surface area (Å²) in [4.78, 5) is 2.64. The van der Waals surface area contributed by atoms with Crippen molar-refractivity contribution >= 4 is 10.2 Å². The van der Waals surface area contributed by atoms with Crippen LogP contribution >= 0.6 is 0 Å². The minimum Gasteiger partial charge on any atom is -0.301 e. The molecule has 0 rings (SSSR count). The molecule has 0 saturated heterocycles. The number of nitrogens with zero attached hydrogens (tertiary/aromatic N) is 1. The Morgan fingerprint density at radius 3 is 2.00 bits per heavy atom. The van der Waals surface area contributed by atoms with E-state index in [1.807, 2.05) is 0 Å². The lowest BCUT2D eigenvalue weighted by Crippen LogP contribution is -2.34. The van der Waals surface area contributed by atoms with Crippen LogP contribution in [0.5, 0.6) is 0 Å². The molecule has 0 aliphatic rings. The average Bonchev–Trinajstić information content (AvgIpc) is 2.04. The second kappa shape index (κ2) is 7.81. The summed E-state index contributed by atoms with van der Waals surface area (Å²) in [6, 6.07) is 2.27. The Kier molecular flexibility index (Phi) is 7.92. The Hall–Kier alpha value is 0.177. The lowest BCUT2D eigenvalue weighted by atomic mass is 10.2. The maximum absolute atomic E-state index is 2.64. The van der Waals surface area contributed by atoms with Crippen molar-refractivity contribution in [2.75, 3.05) is 13.1 Å². The number of hydrogen-bond acceptors (Lipinski definition) is 1. The average molecular weight is 187 g/mol. The first-order chi connectivity index (χ1) is 5.76. The van der Waals surface area contributed by atoms with Gasteiger partial charge in [-0.1, -0.05) is 19.9 Å². The van der Waals surface area contributed by atoms with Gasteiger partial charge in [-0.25, -0.2) is 0 Å². The third-order valence-corrected chi connectivity index (χ3v) is 2.93. The first-order valence-corrected chi connectivity index (χ1v) is 6.91. The van der Waals surface area contributed by atoms with Gasteiger partial charge in [0.2, 0.25) is 0 Å². The van der Waals surface area contributed by atoms with Gasteiger partial charge >= 0.3 is 0 Å². The third-order valence-electron chi connectivity index (χ3n) is 2.35. The van der Waals surface area contributed by atoms with Gasteiger partial charge < -0.3 is 4.90 Å². The molecule has 0 aliphatic carbocycles. The third kappa shape index (κ3) is 4.94. The molecule has 0 aliphatic heterocycles. The molecule has 0 radical (unpaired) electrons. The van der Waals surface area contributed by atoms with Crippen LogP contribution in [0.25, 0.3) is 0 Å². The van der Waals surface area contributed by atoms with Crippen LogP contribution in [0, 0.1) is 0 Å². The van der Waals surface area contributed by atoms with Crippen LogP contribution in [0.15, 0.2) is 0 Å². The van der Waals surface area contributed by atoms with Crippen molar-refractivity contribution in [3.63, 3.8) is 0 Å². The monoisotopic (exact) mass is 187 g/mol. The van der Waals surface area contributed by atoms with Gasteiger partial charge in [0.05, 0.1) is 0 Å². The van der Waals surface area contributed by atoms with Crippen LogP contribution in [0.3, 0.4) is 0 Å². The quantitative estimate of drug-likeness (QED) is 0.548. The molecular formula is C10H25NSi. The molecule has 0 spiro atoms. The second-order valence-electron chi connectivity index (χ2n) is 3.67. The highest BCUT2D eigenvalue weighted by Gasteiger charge is 2.09. The molecule has 12 heavy (non-hydrogen) atoms. The summed E-state index contributed by atoms with van der Waals surface area (Å²) in [7, 11) is 1.36. The van der Waals surface area contributed by atoms with Crippen LogP contribution in [0.4, 0.5) is 0 Å². The molecule has 0 amide bonds. The van der Waals surface area contributed by atoms with Crippen LogP contribution in [-0.2, 0) is 0 Å². The van der Waals surface area contributed by atoms with Gasteiger partial charge in [-0.3, -0.25) is 0 Å². The fourth-order valence-corrected chi connectivity index (χ4v) is 2.56. The Balaban J connectivity index is 3.72. The van der Waals surface area contributed by atoms with Gasteiger partial charge in [-0.05, 0) is 39.3 Å². The lowest BCUT2D eigenvalue weighted by molar-refractivity contribution is 0.205. The van der Waals surface area contributed by atoms with E-state index in [1.54, 1.807) is 0 Å². The smallest absolute Gasteiger partial charge is 0.00639 e. The minimum absolute atomic E-state index is 0.822. The van der Waals surface area contributed by atoms with E-state index in [2.05, 4.69) is 25.7 Å². The highest BCUT2D eigenvalue weighted by Crippen LogP contribution is 2.07. The molecule has 1 atom stereocenters. The molecule has 0 aromatic rings. The molecule has 0 aromatic heterocycles. The molecule has 0 N–H and O–H groups in total. The molecular weight excluding hydrogens is 162 g/mol. The van der Waals surface area contributed by atoms with Crippen LogP contribution in [0.1, 0.15) is 40.0 Å². The Labute approximate surface area is 81.0 Å². The van der Waals surface area contributed by atoms with Crippen LogP contribution in [-0.4, -0.2) is 34.3 Å². The van der Waals surface area contributed by atoms with E-state index < -0.39 is 0 Å². The van der Waals surface area contributed by atoms with Gasteiger partial charge in [-0.15, -0.1) is 0 Å². The van der Waals surface area contributed by atoms with Crippen molar-refractivity contribution < 1.29 is 0 Å². The predicted octanol–water partition coefficient (Wildman–Crippen LogP) is 1.67. The molecule has 0 heterocycles. The van der Waals surface area contributed by atoms with Crippen molar-refractivity contribution in [2.24, 2.45) is 0 Å². The number of rotatable bonds is 7. The van der Waals surface area contributed by atoms with Crippen molar-refractivity contribution in [3.8, 4) is 0 Å². The molecule has 74 valence electrons. The van der Waals surface area contributed by atoms with E-state index in [0.29, 0.717) is 0 Å². The van der Waals surface area contributed by atoms with Gasteiger partial charge in [0.15, 0.2) is 0 Å². The summed E-state index contributed by atoms with van der Waals surface area (Å²) in [6.07, 6.45) is 4.00.